The van der Waals surface area contributed by atoms with Crippen LogP contribution in [-0.4, -0.2) is 20.6 Å². The first-order valence-corrected chi connectivity index (χ1v) is 7.04. The molecule has 0 atom stereocenters. The zero-order valence-corrected chi connectivity index (χ0v) is 12.5. The van der Waals surface area contributed by atoms with E-state index in [1.54, 1.807) is 24.3 Å². The van der Waals surface area contributed by atoms with Gasteiger partial charge in [-0.15, -0.1) is 5.10 Å². The van der Waals surface area contributed by atoms with Crippen molar-refractivity contribution in [1.82, 2.24) is 14.9 Å². The fraction of sp³-hybridized carbons (Fsp3) is 0.357. The Hall–Kier alpha value is -1.95. The number of hydrogen-bond donors (Lipinski definition) is 2. The molecule has 106 valence electrons. The third-order valence-corrected chi connectivity index (χ3v) is 3.52. The van der Waals surface area contributed by atoms with E-state index in [-0.39, 0.29) is 17.1 Å². The molecule has 1 heterocycles. The molecule has 0 fully saturated rings. The summed E-state index contributed by atoms with van der Waals surface area (Å²) in [7, 11) is 0. The summed E-state index contributed by atoms with van der Waals surface area (Å²) < 4.78 is 3.87. The maximum atomic E-state index is 12.2. The van der Waals surface area contributed by atoms with Gasteiger partial charge >= 0.3 is 0 Å². The molecule has 0 bridgehead atoms. The molecule has 1 aromatic heterocycles. The topological polar surface area (TPSA) is 75.1 Å². The Morgan fingerprint density at radius 3 is 2.55 bits per heavy atom. The van der Waals surface area contributed by atoms with Gasteiger partial charge in [0, 0.05) is 12.0 Å². The molecule has 0 saturated carbocycles. The van der Waals surface area contributed by atoms with Crippen LogP contribution in [0.4, 0.5) is 0 Å². The molecule has 0 aliphatic rings. The molecule has 0 aliphatic carbocycles. The second-order valence-corrected chi connectivity index (χ2v) is 6.30. The van der Waals surface area contributed by atoms with Crippen molar-refractivity contribution in [2.75, 3.05) is 0 Å². The minimum Gasteiger partial charge on any atom is -0.508 e. The summed E-state index contributed by atoms with van der Waals surface area (Å²) in [5.41, 5.74) is 1.43. The SMILES string of the molecule is CC(C)(C)c1nnsc1C(=O)NCc1ccc(O)cc1. The third-order valence-electron chi connectivity index (χ3n) is 2.79. The van der Waals surface area contributed by atoms with Crippen LogP contribution in [0.3, 0.4) is 0 Å². The van der Waals surface area contributed by atoms with Crippen LogP contribution in [0.2, 0.25) is 0 Å². The van der Waals surface area contributed by atoms with Crippen molar-refractivity contribution in [1.29, 1.82) is 0 Å². The minimum absolute atomic E-state index is 0.169. The van der Waals surface area contributed by atoms with Crippen molar-refractivity contribution in [2.24, 2.45) is 0 Å². The fourth-order valence-corrected chi connectivity index (χ4v) is 2.50. The number of carbonyl (C=O) groups is 1. The summed E-state index contributed by atoms with van der Waals surface area (Å²) in [6, 6.07) is 6.73. The third kappa shape index (κ3) is 3.33. The van der Waals surface area contributed by atoms with Gasteiger partial charge in [0.1, 0.15) is 10.6 Å². The Bertz CT molecular complexity index is 600. The number of hydrogen-bond acceptors (Lipinski definition) is 5. The van der Waals surface area contributed by atoms with Gasteiger partial charge in [-0.1, -0.05) is 37.4 Å². The van der Waals surface area contributed by atoms with Gasteiger partial charge in [-0.25, -0.2) is 0 Å². The Kier molecular flexibility index (Phi) is 4.04. The average molecular weight is 291 g/mol. The summed E-state index contributed by atoms with van der Waals surface area (Å²) in [5, 5.41) is 16.1. The first-order chi connectivity index (χ1) is 9.38. The number of rotatable bonds is 3. The molecule has 2 rings (SSSR count). The van der Waals surface area contributed by atoms with Crippen LogP contribution in [0.25, 0.3) is 0 Å². The lowest BCUT2D eigenvalue weighted by Gasteiger charge is -2.16. The van der Waals surface area contributed by atoms with E-state index < -0.39 is 0 Å². The Labute approximate surface area is 121 Å². The van der Waals surface area contributed by atoms with Crippen LogP contribution in [0.1, 0.15) is 41.7 Å². The van der Waals surface area contributed by atoms with E-state index in [4.69, 9.17) is 0 Å². The van der Waals surface area contributed by atoms with E-state index in [2.05, 4.69) is 14.9 Å². The average Bonchev–Trinajstić information content (AvgIpc) is 2.87. The molecule has 0 radical (unpaired) electrons. The van der Waals surface area contributed by atoms with E-state index in [1.165, 1.54) is 0 Å². The van der Waals surface area contributed by atoms with Crippen molar-refractivity contribution in [2.45, 2.75) is 32.7 Å². The Balaban J connectivity index is 2.06. The maximum absolute atomic E-state index is 12.2. The molecule has 5 nitrogen and oxygen atoms in total. The number of nitrogens with one attached hydrogen (secondary N) is 1. The van der Waals surface area contributed by atoms with Crippen LogP contribution in [0, 0.1) is 0 Å². The molecular formula is C14H17N3O2S. The molecule has 0 saturated heterocycles. The first-order valence-electron chi connectivity index (χ1n) is 6.27. The predicted molar refractivity (Wildman–Crippen MR) is 77.9 cm³/mol. The molecule has 1 aromatic carbocycles. The van der Waals surface area contributed by atoms with Crippen molar-refractivity contribution in [3.8, 4) is 5.75 Å². The largest absolute Gasteiger partial charge is 0.508 e. The van der Waals surface area contributed by atoms with Gasteiger partial charge in [-0.3, -0.25) is 4.79 Å². The lowest BCUT2D eigenvalue weighted by Crippen LogP contribution is -2.25. The van der Waals surface area contributed by atoms with Gasteiger partial charge in [-0.2, -0.15) is 0 Å². The normalized spacial score (nSPS) is 11.3. The summed E-state index contributed by atoms with van der Waals surface area (Å²) in [6.45, 7) is 6.40. The molecule has 0 aliphatic heterocycles. The molecule has 0 unspecified atom stereocenters. The van der Waals surface area contributed by atoms with Gasteiger partial charge in [0.25, 0.3) is 5.91 Å². The van der Waals surface area contributed by atoms with E-state index in [9.17, 15) is 9.90 Å². The van der Waals surface area contributed by atoms with Gasteiger partial charge in [0.15, 0.2) is 0 Å². The van der Waals surface area contributed by atoms with Gasteiger partial charge in [0.05, 0.1) is 5.69 Å². The van der Waals surface area contributed by atoms with E-state index in [1.807, 2.05) is 20.8 Å². The molecule has 0 spiro atoms. The number of aromatic nitrogens is 2. The summed E-state index contributed by atoms with van der Waals surface area (Å²) in [4.78, 5) is 12.7. The number of aromatic hydroxyl groups is 1. The highest BCUT2D eigenvalue weighted by atomic mass is 32.1. The number of nitrogens with zero attached hydrogens (tertiary/aromatic N) is 2. The van der Waals surface area contributed by atoms with Crippen LogP contribution in [-0.2, 0) is 12.0 Å². The number of amides is 1. The Morgan fingerprint density at radius 1 is 1.30 bits per heavy atom. The zero-order chi connectivity index (χ0) is 14.8. The van der Waals surface area contributed by atoms with Crippen molar-refractivity contribution < 1.29 is 9.90 Å². The molecule has 2 N–H and O–H groups in total. The molecule has 1 amide bonds. The molecule has 20 heavy (non-hydrogen) atoms. The molecule has 6 heteroatoms. The van der Waals surface area contributed by atoms with Gasteiger partial charge < -0.3 is 10.4 Å². The quantitative estimate of drug-likeness (QED) is 0.911. The molecule has 2 aromatic rings. The standard InChI is InChI=1S/C14H17N3O2S/c1-14(2,3)12-11(20-17-16-12)13(19)15-8-9-4-6-10(18)7-5-9/h4-7,18H,8H2,1-3H3,(H,15,19). The van der Waals surface area contributed by atoms with Gasteiger partial charge in [-0.05, 0) is 29.2 Å². The first kappa shape index (κ1) is 14.5. The zero-order valence-electron chi connectivity index (χ0n) is 11.7. The number of phenols is 1. The summed E-state index contributed by atoms with van der Waals surface area (Å²) in [5.74, 6) is 0.0414. The highest BCUT2D eigenvalue weighted by molar-refractivity contribution is 7.08. The van der Waals surface area contributed by atoms with Crippen LogP contribution >= 0.6 is 11.5 Å². The lowest BCUT2D eigenvalue weighted by molar-refractivity contribution is 0.0952. The van der Waals surface area contributed by atoms with E-state index >= 15 is 0 Å². The Morgan fingerprint density at radius 2 is 1.95 bits per heavy atom. The summed E-state index contributed by atoms with van der Waals surface area (Å²) in [6.07, 6.45) is 0. The maximum Gasteiger partial charge on any atom is 0.265 e. The number of benzene rings is 1. The molecular weight excluding hydrogens is 274 g/mol. The monoisotopic (exact) mass is 291 g/mol. The highest BCUT2D eigenvalue weighted by Gasteiger charge is 2.26. The van der Waals surface area contributed by atoms with Crippen LogP contribution in [0.15, 0.2) is 24.3 Å². The number of phenolic OH excluding ortho intramolecular Hbond substituents is 1. The van der Waals surface area contributed by atoms with Crippen molar-refractivity contribution >= 4 is 17.4 Å². The van der Waals surface area contributed by atoms with Gasteiger partial charge in [0.2, 0.25) is 0 Å². The van der Waals surface area contributed by atoms with E-state index in [0.29, 0.717) is 17.1 Å². The fourth-order valence-electron chi connectivity index (χ4n) is 1.71. The van der Waals surface area contributed by atoms with Crippen molar-refractivity contribution in [3.05, 3.63) is 40.4 Å². The van der Waals surface area contributed by atoms with E-state index in [0.717, 1.165) is 17.1 Å². The number of carbonyl (C=O) groups excluding carboxylic acids is 1. The lowest BCUT2D eigenvalue weighted by atomic mass is 9.91. The smallest absolute Gasteiger partial charge is 0.265 e. The second-order valence-electron chi connectivity index (χ2n) is 5.55. The van der Waals surface area contributed by atoms with Crippen LogP contribution < -0.4 is 5.32 Å². The highest BCUT2D eigenvalue weighted by Crippen LogP contribution is 2.25. The van der Waals surface area contributed by atoms with Crippen LogP contribution in [0.5, 0.6) is 5.75 Å². The summed E-state index contributed by atoms with van der Waals surface area (Å²) >= 11 is 1.11. The predicted octanol–water partition coefficient (Wildman–Crippen LogP) is 2.47. The second kappa shape index (κ2) is 5.58. The van der Waals surface area contributed by atoms with Crippen molar-refractivity contribution in [3.63, 3.8) is 0 Å². The minimum atomic E-state index is -0.210.